The summed E-state index contributed by atoms with van der Waals surface area (Å²) in [6.07, 6.45) is 3.69. The number of amides is 2. The molecule has 0 aliphatic carbocycles. The average Bonchev–Trinajstić information content (AvgIpc) is 3.23. The van der Waals surface area contributed by atoms with Crippen molar-refractivity contribution in [2.24, 2.45) is 0 Å². The van der Waals surface area contributed by atoms with Gasteiger partial charge in [-0.15, -0.1) is 10.2 Å². The molecule has 1 atom stereocenters. The van der Waals surface area contributed by atoms with E-state index in [1.54, 1.807) is 0 Å². The molecule has 0 unspecified atom stereocenters. The predicted molar refractivity (Wildman–Crippen MR) is 120 cm³/mol. The minimum absolute atomic E-state index is 0.109. The highest BCUT2D eigenvalue weighted by Gasteiger charge is 2.22. The highest BCUT2D eigenvalue weighted by molar-refractivity contribution is 7.18. The molecule has 2 aromatic carbocycles. The standard InChI is InChI=1S/C23H26N4O2S/c1-2-3-6-15-20(28)24-19(16-17-11-7-4-8-12-17)21(29)25-23-27-26-22(30-23)18-13-9-5-10-14-18/h4-5,7-14,19H,2-3,6,15-16H2,1H3,(H,24,28)(H,25,27,29)/t19-/m1/s1. The van der Waals surface area contributed by atoms with E-state index in [4.69, 9.17) is 0 Å². The van der Waals surface area contributed by atoms with Crippen molar-refractivity contribution in [3.63, 3.8) is 0 Å². The van der Waals surface area contributed by atoms with Crippen molar-refractivity contribution in [3.05, 3.63) is 66.2 Å². The molecule has 2 amide bonds. The Bertz CT molecular complexity index is 944. The Kier molecular flexibility index (Phi) is 8.09. The van der Waals surface area contributed by atoms with Gasteiger partial charge >= 0.3 is 0 Å². The van der Waals surface area contributed by atoms with Crippen LogP contribution in [0.5, 0.6) is 0 Å². The van der Waals surface area contributed by atoms with E-state index < -0.39 is 6.04 Å². The van der Waals surface area contributed by atoms with Crippen LogP contribution >= 0.6 is 11.3 Å². The Morgan fingerprint density at radius 1 is 0.967 bits per heavy atom. The number of anilines is 1. The molecule has 0 aliphatic heterocycles. The Morgan fingerprint density at radius 3 is 2.37 bits per heavy atom. The average molecular weight is 423 g/mol. The highest BCUT2D eigenvalue weighted by atomic mass is 32.1. The molecule has 156 valence electrons. The number of rotatable bonds is 10. The Balaban J connectivity index is 1.68. The van der Waals surface area contributed by atoms with Crippen molar-refractivity contribution in [1.82, 2.24) is 15.5 Å². The number of unbranched alkanes of at least 4 members (excludes halogenated alkanes) is 2. The van der Waals surface area contributed by atoms with Crippen LogP contribution < -0.4 is 10.6 Å². The second kappa shape index (κ2) is 11.2. The summed E-state index contributed by atoms with van der Waals surface area (Å²) in [6, 6.07) is 18.7. The molecule has 0 saturated carbocycles. The van der Waals surface area contributed by atoms with Gasteiger partial charge in [-0.25, -0.2) is 0 Å². The summed E-state index contributed by atoms with van der Waals surface area (Å²) in [7, 11) is 0. The van der Waals surface area contributed by atoms with Gasteiger partial charge in [-0.2, -0.15) is 0 Å². The summed E-state index contributed by atoms with van der Waals surface area (Å²) < 4.78 is 0. The molecule has 0 saturated heterocycles. The van der Waals surface area contributed by atoms with Crippen molar-refractivity contribution in [2.75, 3.05) is 5.32 Å². The van der Waals surface area contributed by atoms with E-state index >= 15 is 0 Å². The molecular weight excluding hydrogens is 396 g/mol. The molecule has 3 aromatic rings. The first kappa shape index (κ1) is 21.6. The lowest BCUT2D eigenvalue weighted by Crippen LogP contribution is -2.45. The number of hydrogen-bond donors (Lipinski definition) is 2. The maximum atomic E-state index is 12.9. The van der Waals surface area contributed by atoms with Crippen LogP contribution in [-0.2, 0) is 16.0 Å². The van der Waals surface area contributed by atoms with E-state index in [1.807, 2.05) is 60.7 Å². The number of benzene rings is 2. The first-order chi connectivity index (χ1) is 14.7. The molecule has 0 spiro atoms. The lowest BCUT2D eigenvalue weighted by Gasteiger charge is -2.18. The van der Waals surface area contributed by atoms with Gasteiger partial charge in [0.15, 0.2) is 0 Å². The molecule has 0 aliphatic rings. The van der Waals surface area contributed by atoms with Crippen LogP contribution in [0.4, 0.5) is 5.13 Å². The fraction of sp³-hybridized carbons (Fsp3) is 0.304. The van der Waals surface area contributed by atoms with Gasteiger partial charge in [-0.1, -0.05) is 91.8 Å². The monoisotopic (exact) mass is 422 g/mol. The van der Waals surface area contributed by atoms with Gasteiger partial charge < -0.3 is 5.32 Å². The van der Waals surface area contributed by atoms with Crippen LogP contribution in [0.25, 0.3) is 10.6 Å². The fourth-order valence-corrected chi connectivity index (χ4v) is 3.78. The number of carbonyl (C=O) groups is 2. The van der Waals surface area contributed by atoms with Gasteiger partial charge in [-0.05, 0) is 12.0 Å². The van der Waals surface area contributed by atoms with E-state index in [0.29, 0.717) is 18.0 Å². The van der Waals surface area contributed by atoms with E-state index in [2.05, 4.69) is 27.8 Å². The SMILES string of the molecule is CCCCCC(=O)N[C@H](Cc1ccccc1)C(=O)Nc1nnc(-c2ccccc2)s1. The molecule has 3 rings (SSSR count). The normalized spacial score (nSPS) is 11.6. The zero-order valence-corrected chi connectivity index (χ0v) is 17.8. The first-order valence-corrected chi connectivity index (χ1v) is 11.0. The molecule has 7 heteroatoms. The van der Waals surface area contributed by atoms with Crippen molar-refractivity contribution in [1.29, 1.82) is 0 Å². The Hall–Kier alpha value is -3.06. The Labute approximate surface area is 180 Å². The summed E-state index contributed by atoms with van der Waals surface area (Å²) in [5.74, 6) is -0.403. The maximum Gasteiger partial charge on any atom is 0.249 e. The maximum absolute atomic E-state index is 12.9. The molecule has 0 fully saturated rings. The van der Waals surface area contributed by atoms with E-state index in [-0.39, 0.29) is 11.8 Å². The minimum Gasteiger partial charge on any atom is -0.344 e. The number of nitrogens with one attached hydrogen (secondary N) is 2. The van der Waals surface area contributed by atoms with Crippen LogP contribution in [0, 0.1) is 0 Å². The van der Waals surface area contributed by atoms with Crippen molar-refractivity contribution in [3.8, 4) is 10.6 Å². The Morgan fingerprint density at radius 2 is 1.67 bits per heavy atom. The summed E-state index contributed by atoms with van der Waals surface area (Å²) >= 11 is 1.31. The molecule has 1 heterocycles. The summed E-state index contributed by atoms with van der Waals surface area (Å²) in [5.41, 5.74) is 1.93. The first-order valence-electron chi connectivity index (χ1n) is 10.2. The van der Waals surface area contributed by atoms with Crippen LogP contribution in [0.15, 0.2) is 60.7 Å². The van der Waals surface area contributed by atoms with Gasteiger partial charge in [0.25, 0.3) is 0 Å². The van der Waals surface area contributed by atoms with Crippen molar-refractivity contribution >= 4 is 28.3 Å². The highest BCUT2D eigenvalue weighted by Crippen LogP contribution is 2.26. The summed E-state index contributed by atoms with van der Waals surface area (Å²) in [4.78, 5) is 25.3. The van der Waals surface area contributed by atoms with Gasteiger partial charge in [0.2, 0.25) is 16.9 Å². The third-order valence-corrected chi connectivity index (χ3v) is 5.51. The summed E-state index contributed by atoms with van der Waals surface area (Å²) in [5, 5.41) is 15.1. The number of carbonyl (C=O) groups excluding carboxylic acids is 2. The number of aromatic nitrogens is 2. The van der Waals surface area contributed by atoms with E-state index in [1.165, 1.54) is 11.3 Å². The lowest BCUT2D eigenvalue weighted by atomic mass is 10.0. The second-order valence-electron chi connectivity index (χ2n) is 7.03. The molecule has 6 nitrogen and oxygen atoms in total. The third-order valence-electron chi connectivity index (χ3n) is 4.62. The second-order valence-corrected chi connectivity index (χ2v) is 8.01. The van der Waals surface area contributed by atoms with Gasteiger partial charge in [0.05, 0.1) is 0 Å². The van der Waals surface area contributed by atoms with Crippen LogP contribution in [0.1, 0.15) is 38.2 Å². The molecular formula is C23H26N4O2S. The summed E-state index contributed by atoms with van der Waals surface area (Å²) in [6.45, 7) is 2.09. The van der Waals surface area contributed by atoms with Gasteiger partial charge in [-0.3, -0.25) is 14.9 Å². The molecule has 0 bridgehead atoms. The molecule has 30 heavy (non-hydrogen) atoms. The van der Waals surface area contributed by atoms with Crippen LogP contribution in [-0.4, -0.2) is 28.1 Å². The molecule has 1 aromatic heterocycles. The fourth-order valence-electron chi connectivity index (χ4n) is 3.02. The van der Waals surface area contributed by atoms with Crippen LogP contribution in [0.3, 0.4) is 0 Å². The topological polar surface area (TPSA) is 84.0 Å². The smallest absolute Gasteiger partial charge is 0.249 e. The van der Waals surface area contributed by atoms with E-state index in [0.717, 1.165) is 35.4 Å². The quantitative estimate of drug-likeness (QED) is 0.473. The minimum atomic E-state index is -0.675. The molecule has 0 radical (unpaired) electrons. The number of hydrogen-bond acceptors (Lipinski definition) is 5. The largest absolute Gasteiger partial charge is 0.344 e. The zero-order chi connectivity index (χ0) is 21.2. The predicted octanol–water partition coefficient (Wildman–Crippen LogP) is 4.45. The lowest BCUT2D eigenvalue weighted by molar-refractivity contribution is -0.126. The molecule has 2 N–H and O–H groups in total. The van der Waals surface area contributed by atoms with E-state index in [9.17, 15) is 9.59 Å². The van der Waals surface area contributed by atoms with Crippen molar-refractivity contribution < 1.29 is 9.59 Å². The van der Waals surface area contributed by atoms with Crippen LogP contribution in [0.2, 0.25) is 0 Å². The van der Waals surface area contributed by atoms with Gasteiger partial charge in [0, 0.05) is 18.4 Å². The van der Waals surface area contributed by atoms with Crippen molar-refractivity contribution in [2.45, 2.75) is 45.1 Å². The zero-order valence-electron chi connectivity index (χ0n) is 17.0. The number of nitrogens with zero attached hydrogens (tertiary/aromatic N) is 2. The van der Waals surface area contributed by atoms with Gasteiger partial charge in [0.1, 0.15) is 11.0 Å². The third kappa shape index (κ3) is 6.49.